The second-order valence-electron chi connectivity index (χ2n) is 9.49. The maximum absolute atomic E-state index is 14.0. The fourth-order valence-electron chi connectivity index (χ4n) is 5.32. The lowest BCUT2D eigenvalue weighted by atomic mass is 9.82. The van der Waals surface area contributed by atoms with Gasteiger partial charge in [-0.15, -0.1) is 0 Å². The average Bonchev–Trinajstić information content (AvgIpc) is 3.18. The van der Waals surface area contributed by atoms with E-state index in [2.05, 4.69) is 5.32 Å². The van der Waals surface area contributed by atoms with Gasteiger partial charge in [-0.2, -0.15) is 0 Å². The molecule has 3 heterocycles. The first-order chi connectivity index (χ1) is 18.3. The molecule has 2 N–H and O–H groups in total. The van der Waals surface area contributed by atoms with Crippen molar-refractivity contribution < 1.29 is 28.6 Å². The highest BCUT2D eigenvalue weighted by molar-refractivity contribution is 6.30. The molecule has 3 aliphatic heterocycles. The number of hydrogen-bond donors (Lipinski definition) is 2. The van der Waals surface area contributed by atoms with Gasteiger partial charge in [0, 0.05) is 29.8 Å². The maximum Gasteiger partial charge on any atom is 0.348 e. The number of halogens is 1. The third-order valence-electron chi connectivity index (χ3n) is 7.15. The van der Waals surface area contributed by atoms with E-state index in [0.717, 1.165) is 17.7 Å². The molecule has 6 rings (SSSR count). The van der Waals surface area contributed by atoms with E-state index in [4.69, 9.17) is 4.74 Å². The first-order valence-corrected chi connectivity index (χ1v) is 12.3. The Morgan fingerprint density at radius 1 is 1.03 bits per heavy atom. The van der Waals surface area contributed by atoms with Crippen LogP contribution < -0.4 is 10.1 Å². The maximum atomic E-state index is 14.0. The molecule has 0 saturated carbocycles. The van der Waals surface area contributed by atoms with Gasteiger partial charge in [0.15, 0.2) is 11.5 Å². The number of carbonyl (C=O) groups is 3. The van der Waals surface area contributed by atoms with Crippen LogP contribution in [0.2, 0.25) is 0 Å². The van der Waals surface area contributed by atoms with Crippen LogP contribution in [0.1, 0.15) is 38.3 Å². The molecular formula is C30H23FN2O5. The Morgan fingerprint density at radius 3 is 2.47 bits per heavy atom. The van der Waals surface area contributed by atoms with Gasteiger partial charge >= 0.3 is 5.97 Å². The first-order valence-electron chi connectivity index (χ1n) is 12.3. The van der Waals surface area contributed by atoms with E-state index in [-0.39, 0.29) is 28.0 Å². The number of nitrogens with zero attached hydrogens (tertiary/aromatic N) is 1. The molecule has 1 saturated heterocycles. The second-order valence-corrected chi connectivity index (χ2v) is 9.49. The Hall–Kier alpha value is -4.56. The van der Waals surface area contributed by atoms with E-state index in [0.29, 0.717) is 30.9 Å². The predicted octanol–water partition coefficient (Wildman–Crippen LogP) is 3.78. The van der Waals surface area contributed by atoms with E-state index in [1.54, 1.807) is 29.2 Å². The van der Waals surface area contributed by atoms with Crippen molar-refractivity contribution in [2.24, 2.45) is 0 Å². The number of Topliss-reactive ketones (excluding diaryl/α,β-unsaturated/α-hetero) is 2. The topological polar surface area (TPSA) is 95.9 Å². The normalized spacial score (nSPS) is 22.6. The number of aliphatic hydroxyl groups is 1. The van der Waals surface area contributed by atoms with Crippen molar-refractivity contribution in [1.82, 2.24) is 10.2 Å². The van der Waals surface area contributed by atoms with Crippen LogP contribution in [0.5, 0.6) is 5.75 Å². The van der Waals surface area contributed by atoms with Gasteiger partial charge in [0.1, 0.15) is 23.0 Å². The van der Waals surface area contributed by atoms with Crippen LogP contribution in [-0.4, -0.2) is 40.6 Å². The summed E-state index contributed by atoms with van der Waals surface area (Å²) in [5.74, 6) is -2.28. The molecule has 1 fully saturated rings. The van der Waals surface area contributed by atoms with Gasteiger partial charge in [-0.3, -0.25) is 9.59 Å². The summed E-state index contributed by atoms with van der Waals surface area (Å²) in [4.78, 5) is 43.0. The zero-order chi connectivity index (χ0) is 26.6. The zero-order valence-electron chi connectivity index (χ0n) is 20.5. The number of hydrogen-bond acceptors (Lipinski definition) is 7. The Kier molecular flexibility index (Phi) is 5.50. The molecule has 3 aromatic carbocycles. The first kappa shape index (κ1) is 23.8. The SMILES string of the molecule is Cc1ccc(C2(O)/C(=C3/C(=O)Oc4ccccc4C3=O)C(C(=O)c3ccc(F)cc3)=C3NCCCN32)cc1. The lowest BCUT2D eigenvalue weighted by molar-refractivity contribution is -0.130. The Morgan fingerprint density at radius 2 is 1.74 bits per heavy atom. The number of fused-ring (bicyclic) bond motifs is 2. The minimum Gasteiger partial charge on any atom is -0.422 e. The van der Waals surface area contributed by atoms with Gasteiger partial charge in [-0.1, -0.05) is 42.0 Å². The molecule has 0 amide bonds. The number of ketones is 2. The van der Waals surface area contributed by atoms with E-state index < -0.39 is 34.7 Å². The summed E-state index contributed by atoms with van der Waals surface area (Å²) in [6.07, 6.45) is 0.638. The number of aryl methyl sites for hydroxylation is 1. The Labute approximate surface area is 217 Å². The summed E-state index contributed by atoms with van der Waals surface area (Å²) < 4.78 is 19.2. The summed E-state index contributed by atoms with van der Waals surface area (Å²) in [6, 6.07) is 18.4. The Bertz CT molecular complexity index is 1570. The fraction of sp³-hybridized carbons (Fsp3) is 0.167. The molecule has 8 heteroatoms. The van der Waals surface area contributed by atoms with Crippen molar-refractivity contribution >= 4 is 17.5 Å². The number of benzene rings is 3. The van der Waals surface area contributed by atoms with Gasteiger partial charge in [0.05, 0.1) is 11.1 Å². The largest absolute Gasteiger partial charge is 0.422 e. The van der Waals surface area contributed by atoms with E-state index in [1.165, 1.54) is 24.3 Å². The molecule has 0 bridgehead atoms. The smallest absolute Gasteiger partial charge is 0.348 e. The van der Waals surface area contributed by atoms with Gasteiger partial charge in [-0.05, 0) is 49.7 Å². The monoisotopic (exact) mass is 510 g/mol. The van der Waals surface area contributed by atoms with Crippen molar-refractivity contribution in [3.63, 3.8) is 0 Å². The molecule has 7 nitrogen and oxygen atoms in total. The zero-order valence-corrected chi connectivity index (χ0v) is 20.5. The number of carbonyl (C=O) groups excluding carboxylic acids is 3. The van der Waals surface area contributed by atoms with Gasteiger partial charge in [0.25, 0.3) is 0 Å². The summed E-state index contributed by atoms with van der Waals surface area (Å²) in [7, 11) is 0. The van der Waals surface area contributed by atoms with Crippen molar-refractivity contribution in [2.75, 3.05) is 13.1 Å². The molecule has 1 unspecified atom stereocenters. The van der Waals surface area contributed by atoms with E-state index >= 15 is 0 Å². The number of para-hydroxylation sites is 1. The number of ether oxygens (including phenoxy) is 1. The van der Waals surface area contributed by atoms with Crippen LogP contribution in [0.15, 0.2) is 95.3 Å². The molecule has 38 heavy (non-hydrogen) atoms. The van der Waals surface area contributed by atoms with Gasteiger partial charge in [0.2, 0.25) is 5.78 Å². The van der Waals surface area contributed by atoms with Crippen molar-refractivity contribution in [3.8, 4) is 5.75 Å². The summed E-state index contributed by atoms with van der Waals surface area (Å²) in [6.45, 7) is 2.76. The molecule has 190 valence electrons. The molecule has 3 aliphatic rings. The highest BCUT2D eigenvalue weighted by Gasteiger charge is 2.56. The number of esters is 1. The minimum atomic E-state index is -2.03. The molecule has 0 aliphatic carbocycles. The van der Waals surface area contributed by atoms with Crippen LogP contribution in [-0.2, 0) is 10.5 Å². The van der Waals surface area contributed by atoms with E-state index in [9.17, 15) is 23.9 Å². The van der Waals surface area contributed by atoms with Crippen LogP contribution in [0, 0.1) is 12.7 Å². The van der Waals surface area contributed by atoms with Crippen molar-refractivity contribution in [2.45, 2.75) is 19.1 Å². The molecular weight excluding hydrogens is 487 g/mol. The Balaban J connectivity index is 1.67. The molecule has 3 aromatic rings. The average molecular weight is 511 g/mol. The lowest BCUT2D eigenvalue weighted by Gasteiger charge is -2.41. The van der Waals surface area contributed by atoms with Crippen LogP contribution in [0.3, 0.4) is 0 Å². The summed E-state index contributed by atoms with van der Waals surface area (Å²) in [5.41, 5.74) is -1.00. The predicted molar refractivity (Wildman–Crippen MR) is 136 cm³/mol. The summed E-state index contributed by atoms with van der Waals surface area (Å²) in [5, 5.41) is 15.8. The van der Waals surface area contributed by atoms with Crippen LogP contribution in [0.4, 0.5) is 4.39 Å². The quantitative estimate of drug-likeness (QED) is 0.182. The van der Waals surface area contributed by atoms with Crippen molar-refractivity contribution in [1.29, 1.82) is 0 Å². The molecule has 0 spiro atoms. The number of rotatable bonds is 3. The lowest BCUT2D eigenvalue weighted by Crippen LogP contribution is -2.50. The molecule has 1 atom stereocenters. The van der Waals surface area contributed by atoms with Gasteiger partial charge in [-0.25, -0.2) is 9.18 Å². The van der Waals surface area contributed by atoms with Crippen LogP contribution in [0.25, 0.3) is 0 Å². The molecule has 0 radical (unpaired) electrons. The standard InChI is InChI=1S/C30H23FN2O5/c1-17-7-11-19(12-8-17)30(37)25(24-27(35)21-5-2-3-6-22(21)38-29(24)36)23(28-32-15-4-16-33(28)30)26(34)18-9-13-20(31)14-10-18/h2-3,5-14,32,37H,4,15-16H2,1H3/b25-24+. The fourth-order valence-corrected chi connectivity index (χ4v) is 5.32. The third kappa shape index (κ3) is 3.48. The minimum absolute atomic E-state index is 0.0286. The summed E-state index contributed by atoms with van der Waals surface area (Å²) >= 11 is 0. The second kappa shape index (κ2) is 8.78. The highest BCUT2D eigenvalue weighted by Crippen LogP contribution is 2.50. The van der Waals surface area contributed by atoms with Crippen molar-refractivity contribution in [3.05, 3.63) is 123 Å². The number of nitrogens with one attached hydrogen (secondary N) is 1. The van der Waals surface area contributed by atoms with Crippen LogP contribution >= 0.6 is 0 Å². The van der Waals surface area contributed by atoms with E-state index in [1.807, 2.05) is 19.1 Å². The van der Waals surface area contributed by atoms with Gasteiger partial charge < -0.3 is 20.1 Å². The highest BCUT2D eigenvalue weighted by atomic mass is 19.1. The third-order valence-corrected chi connectivity index (χ3v) is 7.15. The molecule has 0 aromatic heterocycles.